The normalized spacial score (nSPS) is 11.2. The highest BCUT2D eigenvalue weighted by molar-refractivity contribution is 6.00. The zero-order valence-corrected chi connectivity index (χ0v) is 16.2. The SMILES string of the molecule is COc1ccc(OC)c(-c2cc(C(=O)N/N=C(\C)c3ccc(C)cc3)[nH]n2)c1. The molecular formula is C21H22N4O3. The minimum atomic E-state index is -0.382. The highest BCUT2D eigenvalue weighted by Crippen LogP contribution is 2.32. The molecule has 2 aromatic carbocycles. The molecule has 144 valence electrons. The van der Waals surface area contributed by atoms with Crippen molar-refractivity contribution in [3.8, 4) is 22.8 Å². The Labute approximate surface area is 163 Å². The number of hydrogen-bond donors (Lipinski definition) is 2. The number of carbonyl (C=O) groups is 1. The molecule has 1 heterocycles. The summed E-state index contributed by atoms with van der Waals surface area (Å²) in [5.41, 5.74) is 6.95. The molecule has 1 aromatic heterocycles. The van der Waals surface area contributed by atoms with Crippen molar-refractivity contribution in [3.63, 3.8) is 0 Å². The van der Waals surface area contributed by atoms with E-state index in [2.05, 4.69) is 20.7 Å². The molecule has 7 nitrogen and oxygen atoms in total. The van der Waals surface area contributed by atoms with Crippen LogP contribution >= 0.6 is 0 Å². The summed E-state index contributed by atoms with van der Waals surface area (Å²) >= 11 is 0. The van der Waals surface area contributed by atoms with Crippen LogP contribution in [0.3, 0.4) is 0 Å². The first-order valence-electron chi connectivity index (χ1n) is 8.71. The van der Waals surface area contributed by atoms with Crippen molar-refractivity contribution in [2.75, 3.05) is 14.2 Å². The Hall–Kier alpha value is -3.61. The third kappa shape index (κ3) is 4.20. The smallest absolute Gasteiger partial charge is 0.289 e. The van der Waals surface area contributed by atoms with Crippen molar-refractivity contribution in [3.05, 3.63) is 65.4 Å². The third-order valence-corrected chi connectivity index (χ3v) is 4.30. The van der Waals surface area contributed by atoms with Gasteiger partial charge in [-0.25, -0.2) is 5.43 Å². The topological polar surface area (TPSA) is 88.6 Å². The van der Waals surface area contributed by atoms with E-state index in [4.69, 9.17) is 9.47 Å². The van der Waals surface area contributed by atoms with Gasteiger partial charge in [0.25, 0.3) is 5.91 Å². The highest BCUT2D eigenvalue weighted by atomic mass is 16.5. The summed E-state index contributed by atoms with van der Waals surface area (Å²) in [6, 6.07) is 15.0. The summed E-state index contributed by atoms with van der Waals surface area (Å²) in [5, 5.41) is 11.1. The van der Waals surface area contributed by atoms with E-state index < -0.39 is 0 Å². The molecule has 0 spiro atoms. The number of ether oxygens (including phenoxy) is 2. The minimum absolute atomic E-state index is 0.292. The van der Waals surface area contributed by atoms with Gasteiger partial charge in [0.2, 0.25) is 0 Å². The second kappa shape index (κ2) is 8.39. The molecule has 2 N–H and O–H groups in total. The fourth-order valence-electron chi connectivity index (χ4n) is 2.64. The lowest BCUT2D eigenvalue weighted by Gasteiger charge is -2.08. The molecule has 0 unspecified atom stereocenters. The lowest BCUT2D eigenvalue weighted by molar-refractivity contribution is 0.0950. The summed E-state index contributed by atoms with van der Waals surface area (Å²) in [6.07, 6.45) is 0. The van der Waals surface area contributed by atoms with Crippen molar-refractivity contribution >= 4 is 11.6 Å². The van der Waals surface area contributed by atoms with Gasteiger partial charge in [0, 0.05) is 5.56 Å². The largest absolute Gasteiger partial charge is 0.497 e. The van der Waals surface area contributed by atoms with Crippen LogP contribution in [0.15, 0.2) is 53.6 Å². The summed E-state index contributed by atoms with van der Waals surface area (Å²) in [5.74, 6) is 0.919. The highest BCUT2D eigenvalue weighted by Gasteiger charge is 2.15. The van der Waals surface area contributed by atoms with E-state index in [0.717, 1.165) is 11.1 Å². The third-order valence-electron chi connectivity index (χ3n) is 4.30. The van der Waals surface area contributed by atoms with Gasteiger partial charge in [-0.1, -0.05) is 29.8 Å². The predicted octanol–water partition coefficient (Wildman–Crippen LogP) is 3.56. The molecule has 3 rings (SSSR count). The van der Waals surface area contributed by atoms with Crippen molar-refractivity contribution in [1.82, 2.24) is 15.6 Å². The van der Waals surface area contributed by atoms with Crippen molar-refractivity contribution < 1.29 is 14.3 Å². The number of aryl methyl sites for hydroxylation is 1. The molecule has 0 aliphatic carbocycles. The molecule has 0 atom stereocenters. The van der Waals surface area contributed by atoms with Crippen LogP contribution in [-0.4, -0.2) is 36.0 Å². The maximum atomic E-state index is 12.4. The van der Waals surface area contributed by atoms with Crippen LogP contribution in [0.2, 0.25) is 0 Å². The Kier molecular flexibility index (Phi) is 5.74. The molecule has 0 bridgehead atoms. The first-order valence-corrected chi connectivity index (χ1v) is 8.71. The maximum Gasteiger partial charge on any atom is 0.289 e. The van der Waals surface area contributed by atoms with Crippen LogP contribution < -0.4 is 14.9 Å². The number of amides is 1. The van der Waals surface area contributed by atoms with Gasteiger partial charge in [-0.2, -0.15) is 10.2 Å². The first-order chi connectivity index (χ1) is 13.5. The average molecular weight is 378 g/mol. The molecule has 0 radical (unpaired) electrons. The van der Waals surface area contributed by atoms with Gasteiger partial charge in [0.05, 0.1) is 25.6 Å². The van der Waals surface area contributed by atoms with Gasteiger partial charge in [-0.05, 0) is 43.7 Å². The van der Waals surface area contributed by atoms with E-state index in [1.54, 1.807) is 38.5 Å². The van der Waals surface area contributed by atoms with Crippen LogP contribution in [0.4, 0.5) is 0 Å². The van der Waals surface area contributed by atoms with Crippen LogP contribution in [0.5, 0.6) is 11.5 Å². The van der Waals surface area contributed by atoms with Crippen LogP contribution in [0.1, 0.15) is 28.5 Å². The number of aromatic nitrogens is 2. The molecule has 0 aliphatic rings. The molecule has 0 aliphatic heterocycles. The average Bonchev–Trinajstić information content (AvgIpc) is 3.22. The molecule has 1 amide bonds. The maximum absolute atomic E-state index is 12.4. The Morgan fingerprint density at radius 2 is 1.82 bits per heavy atom. The van der Waals surface area contributed by atoms with Gasteiger partial charge < -0.3 is 9.47 Å². The van der Waals surface area contributed by atoms with E-state index in [9.17, 15) is 4.79 Å². The first kappa shape index (κ1) is 19.2. The number of methoxy groups -OCH3 is 2. The minimum Gasteiger partial charge on any atom is -0.497 e. The monoisotopic (exact) mass is 378 g/mol. The van der Waals surface area contributed by atoms with Crippen molar-refractivity contribution in [2.24, 2.45) is 5.10 Å². The zero-order chi connectivity index (χ0) is 20.1. The Morgan fingerprint density at radius 3 is 2.50 bits per heavy atom. The molecular weight excluding hydrogens is 356 g/mol. The summed E-state index contributed by atoms with van der Waals surface area (Å²) in [4.78, 5) is 12.4. The standard InChI is InChI=1S/C21H22N4O3/c1-13-5-7-15(8-6-13)14(2)22-25-21(26)19-12-18(23-24-19)17-11-16(27-3)9-10-20(17)28-4/h5-12H,1-4H3,(H,23,24)(H,25,26)/b22-14+. The Morgan fingerprint density at radius 1 is 1.07 bits per heavy atom. The Balaban J connectivity index is 1.77. The number of nitrogens with zero attached hydrogens (tertiary/aromatic N) is 2. The van der Waals surface area contributed by atoms with E-state index >= 15 is 0 Å². The van der Waals surface area contributed by atoms with Gasteiger partial charge >= 0.3 is 0 Å². The lowest BCUT2D eigenvalue weighted by atomic mass is 10.1. The zero-order valence-electron chi connectivity index (χ0n) is 16.2. The number of hydrogen-bond acceptors (Lipinski definition) is 5. The number of H-pyrrole nitrogens is 1. The molecule has 28 heavy (non-hydrogen) atoms. The fraction of sp³-hybridized carbons (Fsp3) is 0.190. The van der Waals surface area contributed by atoms with E-state index in [1.807, 2.05) is 38.1 Å². The van der Waals surface area contributed by atoms with Gasteiger partial charge in [-0.3, -0.25) is 9.89 Å². The van der Waals surface area contributed by atoms with Crippen LogP contribution in [0.25, 0.3) is 11.3 Å². The number of hydrazone groups is 1. The van der Waals surface area contributed by atoms with E-state index in [0.29, 0.717) is 28.6 Å². The van der Waals surface area contributed by atoms with Crippen molar-refractivity contribution in [2.45, 2.75) is 13.8 Å². The fourth-order valence-corrected chi connectivity index (χ4v) is 2.64. The second-order valence-electron chi connectivity index (χ2n) is 6.24. The summed E-state index contributed by atoms with van der Waals surface area (Å²) in [7, 11) is 3.16. The predicted molar refractivity (Wildman–Crippen MR) is 108 cm³/mol. The van der Waals surface area contributed by atoms with Gasteiger partial charge in [0.1, 0.15) is 17.2 Å². The molecule has 0 saturated heterocycles. The van der Waals surface area contributed by atoms with Crippen LogP contribution in [-0.2, 0) is 0 Å². The Bertz CT molecular complexity index is 1010. The quantitative estimate of drug-likeness (QED) is 0.507. The van der Waals surface area contributed by atoms with E-state index in [-0.39, 0.29) is 5.91 Å². The second-order valence-corrected chi connectivity index (χ2v) is 6.24. The summed E-state index contributed by atoms with van der Waals surface area (Å²) < 4.78 is 10.6. The number of benzene rings is 2. The number of nitrogens with one attached hydrogen (secondary N) is 2. The lowest BCUT2D eigenvalue weighted by Crippen LogP contribution is -2.19. The molecule has 3 aromatic rings. The van der Waals surface area contributed by atoms with Crippen molar-refractivity contribution in [1.29, 1.82) is 0 Å². The molecule has 0 saturated carbocycles. The van der Waals surface area contributed by atoms with Gasteiger partial charge in [-0.15, -0.1) is 0 Å². The van der Waals surface area contributed by atoms with Gasteiger partial charge in [0.15, 0.2) is 0 Å². The van der Waals surface area contributed by atoms with Crippen LogP contribution in [0, 0.1) is 6.92 Å². The number of aromatic amines is 1. The summed E-state index contributed by atoms with van der Waals surface area (Å²) in [6.45, 7) is 3.86. The van der Waals surface area contributed by atoms with E-state index in [1.165, 1.54) is 5.56 Å². The number of carbonyl (C=O) groups excluding carboxylic acids is 1. The molecule has 0 fully saturated rings. The molecule has 7 heteroatoms. The number of rotatable bonds is 6.